The number of nitrogens with zero attached hydrogens (tertiary/aromatic N) is 4. The average Bonchev–Trinajstić information content (AvgIpc) is 3.27. The number of hydrogen-bond acceptors (Lipinski definition) is 7. The summed E-state index contributed by atoms with van der Waals surface area (Å²) in [7, 11) is 0. The summed E-state index contributed by atoms with van der Waals surface area (Å²) in [5, 5.41) is 3.08. The molecule has 3 aliphatic heterocycles. The fourth-order valence-corrected chi connectivity index (χ4v) is 4.87. The van der Waals surface area contributed by atoms with Gasteiger partial charge in [0.1, 0.15) is 0 Å². The van der Waals surface area contributed by atoms with Gasteiger partial charge in [0.15, 0.2) is 0 Å². The number of piperidine rings is 1. The van der Waals surface area contributed by atoms with E-state index >= 15 is 0 Å². The Hall–Kier alpha value is -1.54. The standard InChI is InChI=1S/C19H29N5O2S/c25-18(20-14-17-2-1-9-26-17)15-3-5-23(6-4-15)16-12-21-19(22-13-16)24-7-10-27-11-8-24/h12-13,15,17H,1-11,14H2,(H,20,25). The molecule has 0 aliphatic carbocycles. The largest absolute Gasteiger partial charge is 0.376 e. The molecule has 1 aromatic heterocycles. The zero-order valence-electron chi connectivity index (χ0n) is 15.8. The second-order valence-corrected chi connectivity index (χ2v) is 8.71. The molecule has 0 aromatic carbocycles. The van der Waals surface area contributed by atoms with E-state index in [-0.39, 0.29) is 17.9 Å². The van der Waals surface area contributed by atoms with Crippen LogP contribution in [0.3, 0.4) is 0 Å². The SMILES string of the molecule is O=C(NCC1CCCO1)C1CCN(c2cnc(N3CCSCC3)nc2)CC1. The summed E-state index contributed by atoms with van der Waals surface area (Å²) in [4.78, 5) is 26.1. The van der Waals surface area contributed by atoms with Gasteiger partial charge in [0.2, 0.25) is 11.9 Å². The monoisotopic (exact) mass is 391 g/mol. The second kappa shape index (κ2) is 9.10. The third-order valence-corrected chi connectivity index (χ3v) is 6.62. The van der Waals surface area contributed by atoms with E-state index in [2.05, 4.69) is 25.1 Å². The van der Waals surface area contributed by atoms with Gasteiger partial charge in [-0.15, -0.1) is 0 Å². The number of anilines is 2. The van der Waals surface area contributed by atoms with Crippen LogP contribution in [0.15, 0.2) is 12.4 Å². The fraction of sp³-hybridized carbons (Fsp3) is 0.737. The molecule has 27 heavy (non-hydrogen) atoms. The van der Waals surface area contributed by atoms with Gasteiger partial charge >= 0.3 is 0 Å². The summed E-state index contributed by atoms with van der Waals surface area (Å²) < 4.78 is 5.58. The number of hydrogen-bond donors (Lipinski definition) is 1. The highest BCUT2D eigenvalue weighted by molar-refractivity contribution is 7.99. The topological polar surface area (TPSA) is 70.6 Å². The summed E-state index contributed by atoms with van der Waals surface area (Å²) in [6, 6.07) is 0. The lowest BCUT2D eigenvalue weighted by Crippen LogP contribution is -2.42. The summed E-state index contributed by atoms with van der Waals surface area (Å²) in [5.41, 5.74) is 1.06. The maximum Gasteiger partial charge on any atom is 0.225 e. The van der Waals surface area contributed by atoms with Crippen LogP contribution in [0.25, 0.3) is 0 Å². The third kappa shape index (κ3) is 4.85. The average molecular weight is 392 g/mol. The molecule has 3 fully saturated rings. The van der Waals surface area contributed by atoms with E-state index in [0.717, 1.165) is 81.6 Å². The highest BCUT2D eigenvalue weighted by atomic mass is 32.2. The quantitative estimate of drug-likeness (QED) is 0.816. The van der Waals surface area contributed by atoms with Crippen molar-refractivity contribution in [2.45, 2.75) is 31.8 Å². The molecule has 4 heterocycles. The summed E-state index contributed by atoms with van der Waals surface area (Å²) in [6.45, 7) is 5.29. The van der Waals surface area contributed by atoms with E-state index in [1.807, 2.05) is 24.2 Å². The van der Waals surface area contributed by atoms with Gasteiger partial charge in [0.05, 0.1) is 24.2 Å². The van der Waals surface area contributed by atoms with Gasteiger partial charge in [-0.2, -0.15) is 11.8 Å². The molecule has 1 aromatic rings. The lowest BCUT2D eigenvalue weighted by Gasteiger charge is -2.33. The van der Waals surface area contributed by atoms with Crippen molar-refractivity contribution in [3.63, 3.8) is 0 Å². The van der Waals surface area contributed by atoms with Crippen LogP contribution in [0.2, 0.25) is 0 Å². The van der Waals surface area contributed by atoms with Crippen LogP contribution in [0, 0.1) is 5.92 Å². The van der Waals surface area contributed by atoms with Crippen LogP contribution in [-0.2, 0) is 9.53 Å². The van der Waals surface area contributed by atoms with E-state index < -0.39 is 0 Å². The molecule has 4 rings (SSSR count). The Morgan fingerprint density at radius 2 is 1.85 bits per heavy atom. The molecule has 1 amide bonds. The van der Waals surface area contributed by atoms with Gasteiger partial charge in [-0.25, -0.2) is 9.97 Å². The van der Waals surface area contributed by atoms with Crippen LogP contribution in [0.4, 0.5) is 11.6 Å². The molecular formula is C19H29N5O2S. The van der Waals surface area contributed by atoms with Crippen molar-refractivity contribution in [1.82, 2.24) is 15.3 Å². The lowest BCUT2D eigenvalue weighted by molar-refractivity contribution is -0.126. The Morgan fingerprint density at radius 1 is 1.11 bits per heavy atom. The maximum absolute atomic E-state index is 12.4. The second-order valence-electron chi connectivity index (χ2n) is 7.48. The molecule has 1 unspecified atom stereocenters. The lowest BCUT2D eigenvalue weighted by atomic mass is 9.95. The summed E-state index contributed by atoms with van der Waals surface area (Å²) >= 11 is 1.99. The van der Waals surface area contributed by atoms with E-state index in [9.17, 15) is 4.79 Å². The number of carbonyl (C=O) groups excluding carboxylic acids is 1. The van der Waals surface area contributed by atoms with Crippen LogP contribution in [0.5, 0.6) is 0 Å². The maximum atomic E-state index is 12.4. The summed E-state index contributed by atoms with van der Waals surface area (Å²) in [6.07, 6.45) is 8.00. The number of ether oxygens (including phenoxy) is 1. The molecule has 1 atom stereocenters. The van der Waals surface area contributed by atoms with Crippen molar-refractivity contribution < 1.29 is 9.53 Å². The van der Waals surface area contributed by atoms with Crippen molar-refractivity contribution in [3.05, 3.63) is 12.4 Å². The number of rotatable bonds is 5. The number of nitrogens with one attached hydrogen (secondary N) is 1. The Balaban J connectivity index is 1.24. The normalized spacial score (nSPS) is 24.2. The minimum atomic E-state index is 0.105. The molecule has 0 spiro atoms. The smallest absolute Gasteiger partial charge is 0.225 e. The first-order valence-corrected chi connectivity index (χ1v) is 11.2. The first-order chi connectivity index (χ1) is 13.3. The molecule has 8 heteroatoms. The highest BCUT2D eigenvalue weighted by Gasteiger charge is 2.26. The third-order valence-electron chi connectivity index (χ3n) is 5.68. The van der Waals surface area contributed by atoms with Crippen molar-refractivity contribution in [2.75, 3.05) is 60.6 Å². The Labute approximate surface area is 165 Å². The molecule has 0 bridgehead atoms. The molecule has 0 saturated carbocycles. The van der Waals surface area contributed by atoms with Gasteiger partial charge < -0.3 is 19.9 Å². The Kier molecular flexibility index (Phi) is 6.34. The molecule has 7 nitrogen and oxygen atoms in total. The van der Waals surface area contributed by atoms with E-state index in [0.29, 0.717) is 6.54 Å². The number of amides is 1. The van der Waals surface area contributed by atoms with Gasteiger partial charge in [0, 0.05) is 56.8 Å². The van der Waals surface area contributed by atoms with E-state index in [1.54, 1.807) is 0 Å². The van der Waals surface area contributed by atoms with Crippen LogP contribution >= 0.6 is 11.8 Å². The van der Waals surface area contributed by atoms with Crippen LogP contribution < -0.4 is 15.1 Å². The molecule has 0 radical (unpaired) electrons. The van der Waals surface area contributed by atoms with Crippen molar-refractivity contribution in [3.8, 4) is 0 Å². The van der Waals surface area contributed by atoms with Gasteiger partial charge in [0.25, 0.3) is 0 Å². The van der Waals surface area contributed by atoms with Crippen molar-refractivity contribution in [1.29, 1.82) is 0 Å². The predicted molar refractivity (Wildman–Crippen MR) is 108 cm³/mol. The minimum absolute atomic E-state index is 0.105. The highest BCUT2D eigenvalue weighted by Crippen LogP contribution is 2.24. The van der Waals surface area contributed by atoms with Gasteiger partial charge in [-0.3, -0.25) is 4.79 Å². The number of carbonyl (C=O) groups is 1. The minimum Gasteiger partial charge on any atom is -0.376 e. The van der Waals surface area contributed by atoms with E-state index in [1.165, 1.54) is 0 Å². The molecule has 3 aliphatic rings. The fourth-order valence-electron chi connectivity index (χ4n) is 3.97. The van der Waals surface area contributed by atoms with Crippen molar-refractivity contribution in [2.24, 2.45) is 5.92 Å². The molecule has 3 saturated heterocycles. The zero-order chi connectivity index (χ0) is 18.5. The van der Waals surface area contributed by atoms with Crippen molar-refractivity contribution >= 4 is 29.3 Å². The van der Waals surface area contributed by atoms with Gasteiger partial charge in [-0.05, 0) is 25.7 Å². The number of aromatic nitrogens is 2. The van der Waals surface area contributed by atoms with E-state index in [4.69, 9.17) is 4.74 Å². The Morgan fingerprint density at radius 3 is 2.52 bits per heavy atom. The molecule has 148 valence electrons. The van der Waals surface area contributed by atoms with Crippen LogP contribution in [-0.4, -0.2) is 72.8 Å². The Bertz CT molecular complexity index is 609. The first-order valence-electron chi connectivity index (χ1n) is 10.1. The summed E-state index contributed by atoms with van der Waals surface area (Å²) in [5.74, 6) is 3.41. The number of thioether (sulfide) groups is 1. The first kappa shape index (κ1) is 18.8. The zero-order valence-corrected chi connectivity index (χ0v) is 16.6. The predicted octanol–water partition coefficient (Wildman–Crippen LogP) is 1.54. The van der Waals surface area contributed by atoms with Crippen LogP contribution in [0.1, 0.15) is 25.7 Å². The molecular weight excluding hydrogens is 362 g/mol. The van der Waals surface area contributed by atoms with Gasteiger partial charge in [-0.1, -0.05) is 0 Å². The molecule has 1 N–H and O–H groups in total.